The fraction of sp³-hybridized carbons (Fsp3) is 0.750. The van der Waals surface area contributed by atoms with Gasteiger partial charge in [0.05, 0.1) is 19.5 Å². The molecular formula is C20H40O6Si. The molecule has 0 heterocycles. The summed E-state index contributed by atoms with van der Waals surface area (Å²) in [6.07, 6.45) is 13.7. The first-order chi connectivity index (χ1) is 13.1. The maximum absolute atomic E-state index is 11.0. The van der Waals surface area contributed by atoms with Crippen LogP contribution in [0.3, 0.4) is 0 Å². The van der Waals surface area contributed by atoms with Crippen LogP contribution in [0.4, 0.5) is 0 Å². The Kier molecular flexibility index (Phi) is 22.0. The van der Waals surface area contributed by atoms with Crippen LogP contribution in [-0.2, 0) is 27.5 Å². The minimum atomic E-state index is -2.52. The molecule has 0 aromatic heterocycles. The topological polar surface area (TPSA) is 63.2 Å². The average molecular weight is 405 g/mol. The first-order valence-corrected chi connectivity index (χ1v) is 11.7. The fourth-order valence-corrected chi connectivity index (χ4v) is 3.74. The van der Waals surface area contributed by atoms with Crippen LogP contribution in [0.2, 0.25) is 6.04 Å². The highest BCUT2D eigenvalue weighted by Gasteiger charge is 2.36. The molecule has 0 spiro atoms. The summed E-state index contributed by atoms with van der Waals surface area (Å²) in [4.78, 5) is 11.0. The Labute approximate surface area is 167 Å². The Hall–Kier alpha value is -1.15. The number of allylic oxidation sites excluding steroid dienone is 2. The summed E-state index contributed by atoms with van der Waals surface area (Å²) in [7, 11) is 2.16. The summed E-state index contributed by atoms with van der Waals surface area (Å²) in [5.41, 5.74) is 0. The third-order valence-corrected chi connectivity index (χ3v) is 6.48. The fourth-order valence-electron chi connectivity index (χ4n) is 2.05. The van der Waals surface area contributed by atoms with Crippen molar-refractivity contribution in [2.24, 2.45) is 0 Å². The molecular weight excluding hydrogens is 364 g/mol. The Morgan fingerprint density at radius 3 is 2.11 bits per heavy atom. The minimum absolute atomic E-state index is 0.331. The van der Waals surface area contributed by atoms with E-state index in [1.165, 1.54) is 31.8 Å². The third-order valence-electron chi connectivity index (χ3n) is 3.65. The minimum Gasteiger partial charge on any atom is -0.502 e. The van der Waals surface area contributed by atoms with Crippen molar-refractivity contribution >= 4 is 14.8 Å². The van der Waals surface area contributed by atoms with Gasteiger partial charge < -0.3 is 22.8 Å². The molecule has 0 rings (SSSR count). The lowest BCUT2D eigenvalue weighted by Crippen LogP contribution is -2.42. The maximum Gasteiger partial charge on any atom is 0.500 e. The predicted molar refractivity (Wildman–Crippen MR) is 112 cm³/mol. The van der Waals surface area contributed by atoms with Crippen molar-refractivity contribution in [2.45, 2.75) is 65.3 Å². The molecule has 0 aromatic carbocycles. The number of carbonyl (C=O) groups is 1. The van der Waals surface area contributed by atoms with Crippen molar-refractivity contribution in [3.63, 3.8) is 0 Å². The Morgan fingerprint density at radius 1 is 0.926 bits per heavy atom. The van der Waals surface area contributed by atoms with Crippen LogP contribution in [0.15, 0.2) is 24.5 Å². The molecule has 27 heavy (non-hydrogen) atoms. The van der Waals surface area contributed by atoms with E-state index < -0.39 is 8.80 Å². The van der Waals surface area contributed by atoms with E-state index in [4.69, 9.17) is 22.8 Å². The van der Waals surface area contributed by atoms with Gasteiger partial charge >= 0.3 is 14.8 Å². The number of rotatable bonds is 15. The van der Waals surface area contributed by atoms with Crippen LogP contribution in [0, 0.1) is 0 Å². The van der Waals surface area contributed by atoms with Crippen LogP contribution in [-0.4, -0.2) is 49.3 Å². The number of esters is 1. The van der Waals surface area contributed by atoms with Gasteiger partial charge in [0.25, 0.3) is 0 Å². The summed E-state index contributed by atoms with van der Waals surface area (Å²) in [6, 6.07) is 0.625. The molecule has 0 fully saturated rings. The highest BCUT2D eigenvalue weighted by Crippen LogP contribution is 2.14. The molecule has 0 saturated carbocycles. The molecule has 0 atom stereocenters. The zero-order valence-corrected chi connectivity index (χ0v) is 19.1. The van der Waals surface area contributed by atoms with E-state index >= 15 is 0 Å². The molecule has 0 unspecified atom stereocenters. The second-order valence-corrected chi connectivity index (χ2v) is 8.87. The molecule has 160 valence electrons. The van der Waals surface area contributed by atoms with Crippen LogP contribution < -0.4 is 0 Å². The van der Waals surface area contributed by atoms with E-state index in [0.717, 1.165) is 13.0 Å². The first-order valence-electron chi connectivity index (χ1n) is 9.77. The lowest BCUT2D eigenvalue weighted by atomic mass is 10.2. The van der Waals surface area contributed by atoms with E-state index in [0.29, 0.717) is 19.1 Å². The van der Waals surface area contributed by atoms with Crippen LogP contribution >= 0.6 is 0 Å². The zero-order valence-electron chi connectivity index (χ0n) is 18.1. The second kappa shape index (κ2) is 21.2. The van der Waals surface area contributed by atoms with Gasteiger partial charge in [-0.2, -0.15) is 0 Å². The highest BCUT2D eigenvalue weighted by molar-refractivity contribution is 6.60. The van der Waals surface area contributed by atoms with E-state index in [2.05, 4.69) is 13.8 Å². The molecule has 0 bridgehead atoms. The van der Waals surface area contributed by atoms with Crippen LogP contribution in [0.5, 0.6) is 0 Å². The van der Waals surface area contributed by atoms with Crippen molar-refractivity contribution in [1.82, 2.24) is 0 Å². The molecule has 0 radical (unpaired) electrons. The molecule has 0 aliphatic heterocycles. The standard InChI is InChI=1S/C10H20O5Si.C10H20O/c1-5-7-10(11)15-8-6-9-16(12-2,13-3)14-4;1-3-5-7-8-10-11-9-6-4-2/h5,7H,6,8-9H2,1-4H3;6,9H,3-5,7-8,10H2,1-2H3. The van der Waals surface area contributed by atoms with E-state index in [9.17, 15) is 4.79 Å². The third kappa shape index (κ3) is 18.0. The average Bonchev–Trinajstić information content (AvgIpc) is 2.69. The number of hydrogen-bond donors (Lipinski definition) is 0. The summed E-state index contributed by atoms with van der Waals surface area (Å²) < 4.78 is 25.9. The molecule has 0 saturated heterocycles. The second-order valence-electron chi connectivity index (χ2n) is 5.78. The molecule has 0 aliphatic carbocycles. The highest BCUT2D eigenvalue weighted by atomic mass is 28.4. The molecule has 7 heteroatoms. The van der Waals surface area contributed by atoms with Gasteiger partial charge in [-0.05, 0) is 26.2 Å². The zero-order chi connectivity index (χ0) is 20.8. The number of ether oxygens (including phenoxy) is 2. The smallest absolute Gasteiger partial charge is 0.500 e. The quantitative estimate of drug-likeness (QED) is 0.127. The van der Waals surface area contributed by atoms with Gasteiger partial charge in [-0.1, -0.05) is 45.3 Å². The van der Waals surface area contributed by atoms with Gasteiger partial charge in [-0.3, -0.25) is 0 Å². The van der Waals surface area contributed by atoms with E-state index in [-0.39, 0.29) is 5.97 Å². The largest absolute Gasteiger partial charge is 0.502 e. The summed E-state index contributed by atoms with van der Waals surface area (Å²) in [5, 5.41) is 0. The summed E-state index contributed by atoms with van der Waals surface area (Å²) >= 11 is 0. The Bertz CT molecular complexity index is 372. The van der Waals surface area contributed by atoms with Crippen molar-refractivity contribution < 1.29 is 27.5 Å². The maximum atomic E-state index is 11.0. The predicted octanol–water partition coefficient (Wildman–Crippen LogP) is 4.88. The van der Waals surface area contributed by atoms with Crippen LogP contribution in [0.1, 0.15) is 59.3 Å². The van der Waals surface area contributed by atoms with Crippen molar-refractivity contribution in [1.29, 1.82) is 0 Å². The van der Waals surface area contributed by atoms with Gasteiger partial charge in [0, 0.05) is 33.4 Å². The van der Waals surface area contributed by atoms with Gasteiger partial charge in [-0.15, -0.1) is 0 Å². The number of unbranched alkanes of at least 4 members (excludes halogenated alkanes) is 3. The van der Waals surface area contributed by atoms with Crippen molar-refractivity contribution in [3.05, 3.63) is 24.5 Å². The summed E-state index contributed by atoms with van der Waals surface area (Å²) in [5.74, 6) is -0.331. The first kappa shape index (κ1) is 28.1. The Morgan fingerprint density at radius 2 is 1.59 bits per heavy atom. The normalized spacial score (nSPS) is 11.5. The monoisotopic (exact) mass is 404 g/mol. The SMILES string of the molecule is CC=CC(=O)OCCC[Si](OC)(OC)OC.CCC=COCCCCCC. The van der Waals surface area contributed by atoms with Crippen molar-refractivity contribution in [2.75, 3.05) is 34.5 Å². The lowest BCUT2D eigenvalue weighted by Gasteiger charge is -2.23. The Balaban J connectivity index is 0. The molecule has 0 aliphatic rings. The van der Waals surface area contributed by atoms with Gasteiger partial charge in [0.2, 0.25) is 0 Å². The summed E-state index contributed by atoms with van der Waals surface area (Å²) in [6.45, 7) is 7.32. The van der Waals surface area contributed by atoms with Gasteiger partial charge in [0.1, 0.15) is 0 Å². The lowest BCUT2D eigenvalue weighted by molar-refractivity contribution is -0.137. The molecule has 0 N–H and O–H groups in total. The number of hydrogen-bond acceptors (Lipinski definition) is 6. The van der Waals surface area contributed by atoms with Crippen molar-refractivity contribution in [3.8, 4) is 0 Å². The van der Waals surface area contributed by atoms with E-state index in [1.807, 2.05) is 12.3 Å². The van der Waals surface area contributed by atoms with Gasteiger partial charge in [0.15, 0.2) is 0 Å². The molecule has 6 nitrogen and oxygen atoms in total. The van der Waals surface area contributed by atoms with Gasteiger partial charge in [-0.25, -0.2) is 4.79 Å². The number of carbonyl (C=O) groups excluding carboxylic acids is 1. The van der Waals surface area contributed by atoms with E-state index in [1.54, 1.807) is 34.3 Å². The van der Waals surface area contributed by atoms with Crippen LogP contribution in [0.25, 0.3) is 0 Å². The molecule has 0 amide bonds. The molecule has 0 aromatic rings.